The first-order chi connectivity index (χ1) is 10.1. The Labute approximate surface area is 127 Å². The maximum Gasteiger partial charge on any atom is 0.0369 e. The smallest absolute Gasteiger partial charge is 0.0369 e. The van der Waals surface area contributed by atoms with Gasteiger partial charge in [0.05, 0.1) is 0 Å². The highest BCUT2D eigenvalue weighted by Gasteiger charge is 2.26. The Balaban J connectivity index is 1.85. The number of benzene rings is 2. The SMILES string of the molecule is Cc1cccc(C2CC(N)CN(c3cccc(C)c3)C2)c1. The topological polar surface area (TPSA) is 29.3 Å². The van der Waals surface area contributed by atoms with Crippen LogP contribution in [0.25, 0.3) is 0 Å². The molecular formula is C19H24N2. The molecule has 0 aromatic heterocycles. The van der Waals surface area contributed by atoms with Gasteiger partial charge in [-0.2, -0.15) is 0 Å². The van der Waals surface area contributed by atoms with E-state index in [4.69, 9.17) is 5.73 Å². The zero-order valence-corrected chi connectivity index (χ0v) is 12.9. The maximum atomic E-state index is 6.32. The molecule has 2 nitrogen and oxygen atoms in total. The van der Waals surface area contributed by atoms with E-state index in [1.807, 2.05) is 0 Å². The fourth-order valence-electron chi connectivity index (χ4n) is 3.34. The molecular weight excluding hydrogens is 256 g/mol. The first-order valence-electron chi connectivity index (χ1n) is 7.75. The molecule has 0 aliphatic carbocycles. The lowest BCUT2D eigenvalue weighted by molar-refractivity contribution is 0.454. The van der Waals surface area contributed by atoms with Gasteiger partial charge in [-0.3, -0.25) is 0 Å². The summed E-state index contributed by atoms with van der Waals surface area (Å²) in [4.78, 5) is 2.44. The second kappa shape index (κ2) is 5.90. The van der Waals surface area contributed by atoms with Crippen LogP contribution in [0.5, 0.6) is 0 Å². The summed E-state index contributed by atoms with van der Waals surface area (Å²) in [6.45, 7) is 6.31. The normalized spacial score (nSPS) is 22.3. The van der Waals surface area contributed by atoms with Crippen molar-refractivity contribution in [2.45, 2.75) is 32.2 Å². The van der Waals surface area contributed by atoms with Gasteiger partial charge in [-0.05, 0) is 43.5 Å². The third-order valence-electron chi connectivity index (χ3n) is 4.36. The van der Waals surface area contributed by atoms with E-state index in [1.54, 1.807) is 0 Å². The summed E-state index contributed by atoms with van der Waals surface area (Å²) in [7, 11) is 0. The van der Waals surface area contributed by atoms with Crippen molar-refractivity contribution in [3.63, 3.8) is 0 Å². The minimum Gasteiger partial charge on any atom is -0.369 e. The van der Waals surface area contributed by atoms with Crippen LogP contribution in [-0.2, 0) is 0 Å². The van der Waals surface area contributed by atoms with Gasteiger partial charge in [0.2, 0.25) is 0 Å². The van der Waals surface area contributed by atoms with E-state index < -0.39 is 0 Å². The molecule has 2 N–H and O–H groups in total. The van der Waals surface area contributed by atoms with Gasteiger partial charge in [-0.15, -0.1) is 0 Å². The van der Waals surface area contributed by atoms with Crippen molar-refractivity contribution < 1.29 is 0 Å². The number of aryl methyl sites for hydroxylation is 2. The number of nitrogens with zero attached hydrogens (tertiary/aromatic N) is 1. The van der Waals surface area contributed by atoms with E-state index in [9.17, 15) is 0 Å². The van der Waals surface area contributed by atoms with Gasteiger partial charge in [0, 0.05) is 30.7 Å². The molecule has 0 amide bonds. The van der Waals surface area contributed by atoms with Crippen LogP contribution in [0.4, 0.5) is 5.69 Å². The van der Waals surface area contributed by atoms with Crippen molar-refractivity contribution in [1.29, 1.82) is 0 Å². The second-order valence-corrected chi connectivity index (χ2v) is 6.35. The minimum absolute atomic E-state index is 0.241. The van der Waals surface area contributed by atoms with E-state index in [-0.39, 0.29) is 6.04 Å². The van der Waals surface area contributed by atoms with Gasteiger partial charge in [0.25, 0.3) is 0 Å². The Morgan fingerprint density at radius 2 is 1.67 bits per heavy atom. The molecule has 0 spiro atoms. The molecule has 2 aromatic rings. The van der Waals surface area contributed by atoms with Gasteiger partial charge in [0.15, 0.2) is 0 Å². The summed E-state index contributed by atoms with van der Waals surface area (Å²) in [6.07, 6.45) is 1.08. The third-order valence-corrected chi connectivity index (χ3v) is 4.36. The lowest BCUT2D eigenvalue weighted by Crippen LogP contribution is -2.46. The molecule has 2 heteroatoms. The Morgan fingerprint density at radius 3 is 2.38 bits per heavy atom. The predicted octanol–water partition coefficient (Wildman–Crippen LogP) is 3.62. The van der Waals surface area contributed by atoms with E-state index >= 15 is 0 Å². The highest BCUT2D eigenvalue weighted by atomic mass is 15.2. The highest BCUT2D eigenvalue weighted by molar-refractivity contribution is 5.50. The Morgan fingerprint density at radius 1 is 0.952 bits per heavy atom. The van der Waals surface area contributed by atoms with Crippen LogP contribution in [0.3, 0.4) is 0 Å². The van der Waals surface area contributed by atoms with Crippen molar-refractivity contribution in [2.24, 2.45) is 5.73 Å². The van der Waals surface area contributed by atoms with Crippen LogP contribution in [-0.4, -0.2) is 19.1 Å². The standard InChI is InChI=1S/C19H24N2/c1-14-5-3-7-16(9-14)17-11-18(20)13-21(12-17)19-8-4-6-15(2)10-19/h3-10,17-18H,11-13,20H2,1-2H3. The minimum atomic E-state index is 0.241. The molecule has 0 bridgehead atoms. The molecule has 0 saturated carbocycles. The Bertz CT molecular complexity index is 567. The second-order valence-electron chi connectivity index (χ2n) is 6.35. The summed E-state index contributed by atoms with van der Waals surface area (Å²) in [6, 6.07) is 17.8. The average molecular weight is 280 g/mol. The summed E-state index contributed by atoms with van der Waals surface area (Å²) in [5.41, 5.74) is 11.7. The fourth-order valence-corrected chi connectivity index (χ4v) is 3.34. The van der Waals surface area contributed by atoms with Crippen molar-refractivity contribution in [2.75, 3.05) is 18.0 Å². The zero-order chi connectivity index (χ0) is 14.8. The molecule has 1 saturated heterocycles. The molecule has 0 radical (unpaired) electrons. The van der Waals surface area contributed by atoms with Gasteiger partial charge in [-0.1, -0.05) is 42.0 Å². The molecule has 2 unspecified atom stereocenters. The Hall–Kier alpha value is -1.80. The summed E-state index contributed by atoms with van der Waals surface area (Å²) < 4.78 is 0. The lowest BCUT2D eigenvalue weighted by Gasteiger charge is -2.38. The monoisotopic (exact) mass is 280 g/mol. The number of rotatable bonds is 2. The van der Waals surface area contributed by atoms with E-state index in [1.165, 1.54) is 22.4 Å². The van der Waals surface area contributed by atoms with Crippen LogP contribution in [0.15, 0.2) is 48.5 Å². The van der Waals surface area contributed by atoms with E-state index in [0.717, 1.165) is 19.5 Å². The van der Waals surface area contributed by atoms with Crippen molar-refractivity contribution >= 4 is 5.69 Å². The molecule has 1 heterocycles. The zero-order valence-electron chi connectivity index (χ0n) is 12.9. The summed E-state index contributed by atoms with van der Waals surface area (Å²) in [5, 5.41) is 0. The van der Waals surface area contributed by atoms with Gasteiger partial charge < -0.3 is 10.6 Å². The summed E-state index contributed by atoms with van der Waals surface area (Å²) in [5.74, 6) is 0.522. The lowest BCUT2D eigenvalue weighted by atomic mass is 9.87. The summed E-state index contributed by atoms with van der Waals surface area (Å²) >= 11 is 0. The van der Waals surface area contributed by atoms with Crippen LogP contribution in [0.1, 0.15) is 29.0 Å². The molecule has 1 aliphatic rings. The molecule has 1 fully saturated rings. The molecule has 2 aromatic carbocycles. The average Bonchev–Trinajstić information content (AvgIpc) is 2.46. The van der Waals surface area contributed by atoms with Crippen LogP contribution >= 0.6 is 0 Å². The number of nitrogens with two attached hydrogens (primary N) is 1. The number of hydrogen-bond donors (Lipinski definition) is 1. The fraction of sp³-hybridized carbons (Fsp3) is 0.368. The van der Waals surface area contributed by atoms with Crippen LogP contribution in [0.2, 0.25) is 0 Å². The number of anilines is 1. The molecule has 3 rings (SSSR count). The molecule has 110 valence electrons. The van der Waals surface area contributed by atoms with E-state index in [0.29, 0.717) is 5.92 Å². The van der Waals surface area contributed by atoms with Crippen molar-refractivity contribution in [3.05, 3.63) is 65.2 Å². The largest absolute Gasteiger partial charge is 0.369 e. The maximum absolute atomic E-state index is 6.32. The van der Waals surface area contributed by atoms with Crippen LogP contribution < -0.4 is 10.6 Å². The van der Waals surface area contributed by atoms with Gasteiger partial charge in [-0.25, -0.2) is 0 Å². The molecule has 21 heavy (non-hydrogen) atoms. The van der Waals surface area contributed by atoms with Gasteiger partial charge >= 0.3 is 0 Å². The van der Waals surface area contributed by atoms with Crippen molar-refractivity contribution in [1.82, 2.24) is 0 Å². The quantitative estimate of drug-likeness (QED) is 0.910. The number of piperidine rings is 1. The Kier molecular flexibility index (Phi) is 3.98. The van der Waals surface area contributed by atoms with E-state index in [2.05, 4.69) is 67.3 Å². The third kappa shape index (κ3) is 3.27. The first-order valence-corrected chi connectivity index (χ1v) is 7.75. The highest BCUT2D eigenvalue weighted by Crippen LogP contribution is 2.30. The van der Waals surface area contributed by atoms with Gasteiger partial charge in [0.1, 0.15) is 0 Å². The van der Waals surface area contributed by atoms with Crippen molar-refractivity contribution in [3.8, 4) is 0 Å². The predicted molar refractivity (Wildman–Crippen MR) is 89.9 cm³/mol. The van der Waals surface area contributed by atoms with Crippen LogP contribution in [0, 0.1) is 13.8 Å². The molecule has 2 atom stereocenters. The molecule has 1 aliphatic heterocycles. The first kappa shape index (κ1) is 14.2. The number of hydrogen-bond acceptors (Lipinski definition) is 2.